The quantitative estimate of drug-likeness (QED) is 0.450. The SMILES string of the molecule is CCOC(=O)C[C@@H](NC(=O)[C@H](N)CC(=O)O)C(=O)OCC. The molecular weight excluding hydrogens is 284 g/mol. The molecule has 0 saturated heterocycles. The normalized spacial score (nSPS) is 12.9. The van der Waals surface area contributed by atoms with E-state index < -0.39 is 48.7 Å². The van der Waals surface area contributed by atoms with Crippen LogP contribution in [-0.4, -0.2) is 54.2 Å². The van der Waals surface area contributed by atoms with Crippen LogP contribution in [0, 0.1) is 0 Å². The Morgan fingerprint density at radius 3 is 2.14 bits per heavy atom. The van der Waals surface area contributed by atoms with Crippen molar-refractivity contribution in [2.24, 2.45) is 5.73 Å². The smallest absolute Gasteiger partial charge is 0.329 e. The van der Waals surface area contributed by atoms with Crippen LogP contribution >= 0.6 is 0 Å². The van der Waals surface area contributed by atoms with Gasteiger partial charge in [-0.2, -0.15) is 0 Å². The van der Waals surface area contributed by atoms with E-state index in [9.17, 15) is 19.2 Å². The van der Waals surface area contributed by atoms with Crippen LogP contribution in [0.15, 0.2) is 0 Å². The molecule has 0 rings (SSSR count). The molecule has 1 amide bonds. The van der Waals surface area contributed by atoms with Gasteiger partial charge < -0.3 is 25.6 Å². The number of esters is 2. The molecule has 0 bridgehead atoms. The number of ether oxygens (including phenoxy) is 2. The molecule has 9 nitrogen and oxygen atoms in total. The fourth-order valence-corrected chi connectivity index (χ4v) is 1.38. The molecule has 0 aromatic heterocycles. The molecule has 0 aromatic carbocycles. The number of rotatable bonds is 9. The van der Waals surface area contributed by atoms with E-state index in [1.807, 2.05) is 0 Å². The summed E-state index contributed by atoms with van der Waals surface area (Å²) >= 11 is 0. The van der Waals surface area contributed by atoms with E-state index in [0.717, 1.165) is 0 Å². The molecule has 21 heavy (non-hydrogen) atoms. The molecule has 0 aromatic rings. The zero-order chi connectivity index (χ0) is 16.4. The van der Waals surface area contributed by atoms with Crippen molar-refractivity contribution in [2.45, 2.75) is 38.8 Å². The van der Waals surface area contributed by atoms with Gasteiger partial charge >= 0.3 is 17.9 Å². The van der Waals surface area contributed by atoms with Gasteiger partial charge in [-0.25, -0.2) is 4.79 Å². The number of carboxylic acids is 1. The minimum Gasteiger partial charge on any atom is -0.481 e. The summed E-state index contributed by atoms with van der Waals surface area (Å²) in [5.41, 5.74) is 5.37. The average Bonchev–Trinajstić information content (AvgIpc) is 2.37. The molecule has 0 fully saturated rings. The van der Waals surface area contributed by atoms with Crippen LogP contribution in [0.1, 0.15) is 26.7 Å². The molecule has 0 aliphatic heterocycles. The lowest BCUT2D eigenvalue weighted by Gasteiger charge is -2.18. The van der Waals surface area contributed by atoms with Crippen LogP contribution in [0.2, 0.25) is 0 Å². The van der Waals surface area contributed by atoms with Crippen molar-refractivity contribution >= 4 is 23.8 Å². The van der Waals surface area contributed by atoms with Gasteiger partial charge in [-0.05, 0) is 13.8 Å². The Labute approximate surface area is 121 Å². The van der Waals surface area contributed by atoms with E-state index in [-0.39, 0.29) is 13.2 Å². The Morgan fingerprint density at radius 1 is 1.10 bits per heavy atom. The number of aliphatic carboxylic acids is 1. The Hall–Kier alpha value is -2.16. The molecule has 0 saturated carbocycles. The van der Waals surface area contributed by atoms with Gasteiger partial charge in [-0.15, -0.1) is 0 Å². The second-order valence-electron chi connectivity index (χ2n) is 4.03. The largest absolute Gasteiger partial charge is 0.481 e. The van der Waals surface area contributed by atoms with Crippen molar-refractivity contribution < 1.29 is 33.8 Å². The number of hydrogen-bond acceptors (Lipinski definition) is 7. The van der Waals surface area contributed by atoms with Gasteiger partial charge in [0.25, 0.3) is 0 Å². The van der Waals surface area contributed by atoms with Crippen molar-refractivity contribution in [1.29, 1.82) is 0 Å². The summed E-state index contributed by atoms with van der Waals surface area (Å²) in [5.74, 6) is -3.63. The second-order valence-corrected chi connectivity index (χ2v) is 4.03. The van der Waals surface area contributed by atoms with Gasteiger partial charge in [-0.1, -0.05) is 0 Å². The fraction of sp³-hybridized carbons (Fsp3) is 0.667. The van der Waals surface area contributed by atoms with Crippen LogP contribution in [0.5, 0.6) is 0 Å². The predicted octanol–water partition coefficient (Wildman–Crippen LogP) is -1.21. The van der Waals surface area contributed by atoms with E-state index >= 15 is 0 Å². The summed E-state index contributed by atoms with van der Waals surface area (Å²) in [7, 11) is 0. The highest BCUT2D eigenvalue weighted by molar-refractivity contribution is 5.91. The molecule has 9 heteroatoms. The lowest BCUT2D eigenvalue weighted by Crippen LogP contribution is -2.50. The zero-order valence-electron chi connectivity index (χ0n) is 12.0. The summed E-state index contributed by atoms with van der Waals surface area (Å²) < 4.78 is 9.41. The highest BCUT2D eigenvalue weighted by Crippen LogP contribution is 2.01. The van der Waals surface area contributed by atoms with Gasteiger partial charge in [-0.3, -0.25) is 14.4 Å². The van der Waals surface area contributed by atoms with Crippen molar-refractivity contribution in [2.75, 3.05) is 13.2 Å². The van der Waals surface area contributed by atoms with Crippen molar-refractivity contribution in [3.63, 3.8) is 0 Å². The predicted molar refractivity (Wildman–Crippen MR) is 70.0 cm³/mol. The molecule has 0 aliphatic rings. The molecule has 0 aliphatic carbocycles. The average molecular weight is 304 g/mol. The zero-order valence-corrected chi connectivity index (χ0v) is 12.0. The number of carboxylic acid groups (broad SMARTS) is 1. The molecule has 0 heterocycles. The van der Waals surface area contributed by atoms with E-state index in [1.54, 1.807) is 13.8 Å². The summed E-state index contributed by atoms with van der Waals surface area (Å²) in [5, 5.41) is 10.7. The Morgan fingerprint density at radius 2 is 1.67 bits per heavy atom. The van der Waals surface area contributed by atoms with Gasteiger partial charge in [0.05, 0.1) is 32.1 Å². The van der Waals surface area contributed by atoms with Crippen molar-refractivity contribution in [3.05, 3.63) is 0 Å². The highest BCUT2D eigenvalue weighted by Gasteiger charge is 2.28. The van der Waals surface area contributed by atoms with Gasteiger partial charge in [0.15, 0.2) is 0 Å². The maximum Gasteiger partial charge on any atom is 0.329 e. The number of hydrogen-bond donors (Lipinski definition) is 3. The molecule has 0 unspecified atom stereocenters. The van der Waals surface area contributed by atoms with Gasteiger partial charge in [0.2, 0.25) is 5.91 Å². The van der Waals surface area contributed by atoms with Crippen LogP contribution in [-0.2, 0) is 28.7 Å². The molecule has 4 N–H and O–H groups in total. The first kappa shape index (κ1) is 18.8. The van der Waals surface area contributed by atoms with Crippen molar-refractivity contribution in [1.82, 2.24) is 5.32 Å². The minimum absolute atomic E-state index is 0.0647. The molecule has 0 spiro atoms. The summed E-state index contributed by atoms with van der Waals surface area (Å²) in [6.07, 6.45) is -1.01. The molecule has 2 atom stereocenters. The van der Waals surface area contributed by atoms with E-state index in [1.165, 1.54) is 0 Å². The summed E-state index contributed by atoms with van der Waals surface area (Å²) in [4.78, 5) is 45.2. The van der Waals surface area contributed by atoms with Crippen LogP contribution in [0.4, 0.5) is 0 Å². The fourth-order valence-electron chi connectivity index (χ4n) is 1.38. The lowest BCUT2D eigenvalue weighted by atomic mass is 10.1. The Kier molecular flexibility index (Phi) is 8.70. The number of nitrogens with one attached hydrogen (secondary N) is 1. The molecule has 120 valence electrons. The maximum atomic E-state index is 11.7. The van der Waals surface area contributed by atoms with Crippen LogP contribution in [0.25, 0.3) is 0 Å². The first-order valence-corrected chi connectivity index (χ1v) is 6.41. The number of nitrogens with two attached hydrogens (primary N) is 1. The Balaban J connectivity index is 4.72. The lowest BCUT2D eigenvalue weighted by molar-refractivity contribution is -0.153. The van der Waals surface area contributed by atoms with Crippen LogP contribution < -0.4 is 11.1 Å². The third-order valence-electron chi connectivity index (χ3n) is 2.30. The number of carbonyl (C=O) groups excluding carboxylic acids is 3. The number of carbonyl (C=O) groups is 4. The maximum absolute atomic E-state index is 11.7. The summed E-state index contributed by atoms with van der Waals surface area (Å²) in [6, 6.07) is -2.60. The first-order valence-electron chi connectivity index (χ1n) is 6.41. The standard InChI is InChI=1S/C12H20N2O7/c1-3-20-10(17)6-8(12(19)21-4-2)14-11(18)7(13)5-9(15)16/h7-8H,3-6,13H2,1-2H3,(H,14,18)(H,15,16)/t7-,8-/m1/s1. The highest BCUT2D eigenvalue weighted by atomic mass is 16.5. The minimum atomic E-state index is -1.33. The third-order valence-corrected chi connectivity index (χ3v) is 2.30. The summed E-state index contributed by atoms with van der Waals surface area (Å²) in [6.45, 7) is 3.35. The van der Waals surface area contributed by atoms with E-state index in [0.29, 0.717) is 0 Å². The number of amides is 1. The topological polar surface area (TPSA) is 145 Å². The third kappa shape index (κ3) is 7.88. The van der Waals surface area contributed by atoms with Crippen molar-refractivity contribution in [3.8, 4) is 0 Å². The van der Waals surface area contributed by atoms with Gasteiger partial charge in [0.1, 0.15) is 6.04 Å². The van der Waals surface area contributed by atoms with Gasteiger partial charge in [0, 0.05) is 0 Å². The van der Waals surface area contributed by atoms with E-state index in [4.69, 9.17) is 15.6 Å². The molecular formula is C12H20N2O7. The first-order chi connectivity index (χ1) is 9.81. The van der Waals surface area contributed by atoms with Crippen LogP contribution in [0.3, 0.4) is 0 Å². The van der Waals surface area contributed by atoms with E-state index in [2.05, 4.69) is 10.1 Å². The molecule has 0 radical (unpaired) electrons. The second kappa shape index (κ2) is 9.70. The monoisotopic (exact) mass is 304 g/mol. The Bertz CT molecular complexity index is 397.